The lowest BCUT2D eigenvalue weighted by Crippen LogP contribution is -2.24. The Balaban J connectivity index is 3.45. The van der Waals surface area contributed by atoms with Gasteiger partial charge in [0.05, 0.1) is 33.7 Å². The molecule has 8 heteroatoms. The van der Waals surface area contributed by atoms with E-state index in [9.17, 15) is 18.0 Å². The van der Waals surface area contributed by atoms with Gasteiger partial charge < -0.3 is 19.3 Å². The van der Waals surface area contributed by atoms with Gasteiger partial charge in [-0.3, -0.25) is 4.79 Å². The van der Waals surface area contributed by atoms with Crippen LogP contribution in [0.4, 0.5) is 13.2 Å². The Labute approximate surface area is 119 Å². The molecule has 21 heavy (non-hydrogen) atoms. The molecule has 5 nitrogen and oxygen atoms in total. The first-order chi connectivity index (χ1) is 9.74. The zero-order chi connectivity index (χ0) is 16.2. The molecule has 0 saturated carbocycles. The van der Waals surface area contributed by atoms with Crippen LogP contribution in [0, 0.1) is 0 Å². The first-order valence-electron chi connectivity index (χ1n) is 5.83. The van der Waals surface area contributed by atoms with Gasteiger partial charge in [-0.05, 0) is 6.07 Å². The van der Waals surface area contributed by atoms with Crippen molar-refractivity contribution in [3.05, 3.63) is 17.7 Å². The van der Waals surface area contributed by atoms with Gasteiger partial charge in [0.25, 0.3) is 0 Å². The molecule has 1 aromatic carbocycles. The van der Waals surface area contributed by atoms with Crippen LogP contribution < -0.4 is 14.2 Å². The fraction of sp³-hybridized carbons (Fsp3) is 0.462. The van der Waals surface area contributed by atoms with Gasteiger partial charge in [-0.25, -0.2) is 0 Å². The number of carboxylic acid groups (broad SMARTS) is 1. The number of hydrogen-bond donors (Lipinski definition) is 1. The lowest BCUT2D eigenvalue weighted by molar-refractivity contribution is -0.163. The highest BCUT2D eigenvalue weighted by molar-refractivity contribution is 5.69. The number of carbonyl (C=O) groups is 1. The van der Waals surface area contributed by atoms with Crippen molar-refractivity contribution >= 4 is 5.97 Å². The van der Waals surface area contributed by atoms with Gasteiger partial charge in [0.1, 0.15) is 5.75 Å². The average Bonchev–Trinajstić information content (AvgIpc) is 2.41. The van der Waals surface area contributed by atoms with Crippen LogP contribution in [-0.2, 0) is 4.79 Å². The van der Waals surface area contributed by atoms with Crippen molar-refractivity contribution in [2.75, 3.05) is 21.3 Å². The fourth-order valence-electron chi connectivity index (χ4n) is 1.90. The van der Waals surface area contributed by atoms with Crippen molar-refractivity contribution in [3.63, 3.8) is 0 Å². The predicted molar refractivity (Wildman–Crippen MR) is 67.1 cm³/mol. The van der Waals surface area contributed by atoms with Crippen molar-refractivity contribution in [2.24, 2.45) is 0 Å². The monoisotopic (exact) mass is 308 g/mol. The summed E-state index contributed by atoms with van der Waals surface area (Å²) in [6.45, 7) is 0. The van der Waals surface area contributed by atoms with Crippen molar-refractivity contribution < 1.29 is 37.3 Å². The molecule has 1 N–H and O–H groups in total. The number of hydrogen-bond acceptors (Lipinski definition) is 4. The Morgan fingerprint density at radius 2 is 1.57 bits per heavy atom. The van der Waals surface area contributed by atoms with Crippen LogP contribution >= 0.6 is 0 Å². The maximum absolute atomic E-state index is 13.1. The Hall–Kier alpha value is -2.12. The first kappa shape index (κ1) is 16.9. The molecule has 118 valence electrons. The molecule has 0 bridgehead atoms. The molecule has 0 amide bonds. The van der Waals surface area contributed by atoms with E-state index in [1.54, 1.807) is 0 Å². The molecule has 0 aromatic heterocycles. The smallest absolute Gasteiger partial charge is 0.396 e. The molecule has 0 aliphatic carbocycles. The highest BCUT2D eigenvalue weighted by Crippen LogP contribution is 2.45. The van der Waals surface area contributed by atoms with Crippen LogP contribution in [-0.4, -0.2) is 38.6 Å². The van der Waals surface area contributed by atoms with Gasteiger partial charge in [0.15, 0.2) is 11.5 Å². The molecule has 0 spiro atoms. The molecule has 0 aliphatic rings. The zero-order valence-corrected chi connectivity index (χ0v) is 11.7. The van der Waals surface area contributed by atoms with E-state index >= 15 is 0 Å². The number of alkyl halides is 3. The number of carboxylic acids is 1. The summed E-state index contributed by atoms with van der Waals surface area (Å²) >= 11 is 0. The standard InChI is InChI=1S/C13H15F3O5/c1-19-9-6-11(21-3)10(20-2)4-7(9)8(5-12(17)18)13(14,15)16/h4,6,8H,5H2,1-3H3,(H,17,18). The maximum Gasteiger partial charge on any atom is 0.396 e. The van der Waals surface area contributed by atoms with Crippen LogP contribution in [0.15, 0.2) is 12.1 Å². The SMILES string of the molecule is COc1cc(OC)c(C(CC(=O)O)C(F)(F)F)cc1OC. The van der Waals surface area contributed by atoms with Crippen molar-refractivity contribution in [3.8, 4) is 17.2 Å². The number of methoxy groups -OCH3 is 3. The molecular weight excluding hydrogens is 293 g/mol. The number of ether oxygens (including phenoxy) is 3. The highest BCUT2D eigenvalue weighted by Gasteiger charge is 2.44. The Morgan fingerprint density at radius 3 is 1.95 bits per heavy atom. The van der Waals surface area contributed by atoms with E-state index < -0.39 is 24.5 Å². The molecular formula is C13H15F3O5. The second-order valence-electron chi connectivity index (χ2n) is 4.14. The summed E-state index contributed by atoms with van der Waals surface area (Å²) in [6.07, 6.45) is -5.83. The molecule has 0 saturated heterocycles. The van der Waals surface area contributed by atoms with E-state index in [2.05, 4.69) is 0 Å². The molecule has 1 unspecified atom stereocenters. The van der Waals surface area contributed by atoms with E-state index in [1.807, 2.05) is 0 Å². The number of aliphatic carboxylic acids is 1. The lowest BCUT2D eigenvalue weighted by atomic mass is 9.93. The van der Waals surface area contributed by atoms with Crippen molar-refractivity contribution in [2.45, 2.75) is 18.5 Å². The topological polar surface area (TPSA) is 65.0 Å². The van der Waals surface area contributed by atoms with Gasteiger partial charge >= 0.3 is 12.1 Å². The summed E-state index contributed by atoms with van der Waals surface area (Å²) in [5.41, 5.74) is -0.315. The van der Waals surface area contributed by atoms with Crippen LogP contribution in [0.2, 0.25) is 0 Å². The predicted octanol–water partition coefficient (Wildman–Crippen LogP) is 2.83. The summed E-state index contributed by atoms with van der Waals surface area (Å²) < 4.78 is 54.2. The normalized spacial score (nSPS) is 12.7. The van der Waals surface area contributed by atoms with Crippen LogP contribution in [0.5, 0.6) is 17.2 Å². The summed E-state index contributed by atoms with van der Waals surface area (Å²) in [6, 6.07) is 2.31. The molecule has 1 atom stereocenters. The third-order valence-electron chi connectivity index (χ3n) is 2.89. The second-order valence-corrected chi connectivity index (χ2v) is 4.14. The largest absolute Gasteiger partial charge is 0.496 e. The lowest BCUT2D eigenvalue weighted by Gasteiger charge is -2.22. The van der Waals surface area contributed by atoms with Gasteiger partial charge in [0, 0.05) is 11.6 Å². The van der Waals surface area contributed by atoms with Gasteiger partial charge in [0.2, 0.25) is 0 Å². The van der Waals surface area contributed by atoms with Crippen LogP contribution in [0.1, 0.15) is 17.9 Å². The minimum atomic E-state index is -4.73. The highest BCUT2D eigenvalue weighted by atomic mass is 19.4. The summed E-state index contributed by atoms with van der Waals surface area (Å²) in [5, 5.41) is 8.70. The zero-order valence-electron chi connectivity index (χ0n) is 11.7. The fourth-order valence-corrected chi connectivity index (χ4v) is 1.90. The molecule has 0 aliphatic heterocycles. The summed E-state index contributed by atoms with van der Waals surface area (Å²) in [4.78, 5) is 10.7. The van der Waals surface area contributed by atoms with E-state index in [0.717, 1.165) is 6.07 Å². The van der Waals surface area contributed by atoms with E-state index in [4.69, 9.17) is 19.3 Å². The summed E-state index contributed by atoms with van der Waals surface area (Å²) in [7, 11) is 3.79. The van der Waals surface area contributed by atoms with Crippen molar-refractivity contribution in [1.29, 1.82) is 0 Å². The van der Waals surface area contributed by atoms with Gasteiger partial charge in [-0.2, -0.15) is 13.2 Å². The molecule has 0 radical (unpaired) electrons. The van der Waals surface area contributed by atoms with Crippen molar-refractivity contribution in [1.82, 2.24) is 0 Å². The van der Waals surface area contributed by atoms with E-state index in [-0.39, 0.29) is 22.8 Å². The molecule has 1 rings (SSSR count). The number of benzene rings is 1. The average molecular weight is 308 g/mol. The third kappa shape index (κ3) is 3.93. The van der Waals surface area contributed by atoms with Gasteiger partial charge in [-0.15, -0.1) is 0 Å². The van der Waals surface area contributed by atoms with E-state index in [0.29, 0.717) is 0 Å². The Kier molecular flexibility index (Phi) is 5.28. The van der Waals surface area contributed by atoms with Crippen LogP contribution in [0.3, 0.4) is 0 Å². The van der Waals surface area contributed by atoms with E-state index in [1.165, 1.54) is 27.4 Å². The quantitative estimate of drug-likeness (QED) is 0.875. The first-order valence-corrected chi connectivity index (χ1v) is 5.83. The maximum atomic E-state index is 13.1. The Bertz CT molecular complexity index is 513. The molecule has 0 heterocycles. The Morgan fingerprint density at radius 1 is 1.10 bits per heavy atom. The minimum absolute atomic E-state index is 0.0629. The number of rotatable bonds is 6. The minimum Gasteiger partial charge on any atom is -0.496 e. The number of halogens is 3. The molecule has 1 aromatic rings. The summed E-state index contributed by atoms with van der Waals surface area (Å²) in [5.74, 6) is -3.63. The second kappa shape index (κ2) is 6.55. The third-order valence-corrected chi connectivity index (χ3v) is 2.89. The molecule has 0 fully saturated rings. The van der Waals surface area contributed by atoms with Gasteiger partial charge in [-0.1, -0.05) is 0 Å². The van der Waals surface area contributed by atoms with Crippen LogP contribution in [0.25, 0.3) is 0 Å².